The molecule has 0 N–H and O–H groups in total. The minimum absolute atomic E-state index is 0.0959. The Morgan fingerprint density at radius 2 is 1.75 bits per heavy atom. The molecule has 5 heteroatoms. The van der Waals surface area contributed by atoms with Gasteiger partial charge in [0.2, 0.25) is 0 Å². The monoisotopic (exact) mass is 378 g/mol. The highest BCUT2D eigenvalue weighted by Crippen LogP contribution is 2.23. The van der Waals surface area contributed by atoms with E-state index >= 15 is 0 Å². The maximum absolute atomic E-state index is 13.0. The number of hydrogen-bond acceptors (Lipinski definition) is 3. The second-order valence-electron chi connectivity index (χ2n) is 7.05. The number of carbonyl (C=O) groups is 1. The molecule has 0 spiro atoms. The first-order valence-corrected chi connectivity index (χ1v) is 9.89. The van der Waals surface area contributed by atoms with Gasteiger partial charge in [0, 0.05) is 43.3 Å². The maximum atomic E-state index is 13.0. The number of aromatic nitrogens is 1. The highest BCUT2D eigenvalue weighted by atomic mass is 16.5. The molecule has 1 aliphatic rings. The van der Waals surface area contributed by atoms with Gasteiger partial charge in [0.1, 0.15) is 0 Å². The number of aryl methyl sites for hydroxylation is 1. The van der Waals surface area contributed by atoms with E-state index in [1.54, 1.807) is 0 Å². The van der Waals surface area contributed by atoms with Crippen LogP contribution in [0.3, 0.4) is 0 Å². The fourth-order valence-corrected chi connectivity index (χ4v) is 3.64. The average Bonchev–Trinajstić information content (AvgIpc) is 3.13. The number of para-hydroxylation sites is 1. The SMILES string of the molecule is O=C(c1cn(CCCOCc2ccccc2)c2ccccc12)N1CCOCC1. The fourth-order valence-electron chi connectivity index (χ4n) is 3.64. The first-order chi connectivity index (χ1) is 13.8. The molecular weight excluding hydrogens is 352 g/mol. The summed E-state index contributed by atoms with van der Waals surface area (Å²) in [5.74, 6) is 0.0959. The Labute approximate surface area is 165 Å². The van der Waals surface area contributed by atoms with Gasteiger partial charge in [0.15, 0.2) is 0 Å². The van der Waals surface area contributed by atoms with Crippen molar-refractivity contribution in [2.45, 2.75) is 19.6 Å². The Hall–Kier alpha value is -2.63. The molecule has 0 saturated carbocycles. The number of ether oxygens (including phenoxy) is 2. The van der Waals surface area contributed by atoms with Crippen molar-refractivity contribution >= 4 is 16.8 Å². The molecule has 1 saturated heterocycles. The molecule has 1 aromatic heterocycles. The molecule has 0 aliphatic carbocycles. The van der Waals surface area contributed by atoms with E-state index in [1.807, 2.05) is 47.5 Å². The van der Waals surface area contributed by atoms with E-state index in [1.165, 1.54) is 5.56 Å². The highest BCUT2D eigenvalue weighted by Gasteiger charge is 2.22. The fraction of sp³-hybridized carbons (Fsp3) is 0.348. The summed E-state index contributed by atoms with van der Waals surface area (Å²) in [5.41, 5.74) is 3.07. The van der Waals surface area contributed by atoms with Crippen molar-refractivity contribution in [2.24, 2.45) is 0 Å². The molecule has 1 fully saturated rings. The zero-order valence-electron chi connectivity index (χ0n) is 16.0. The lowest BCUT2D eigenvalue weighted by Gasteiger charge is -2.26. The molecule has 4 rings (SSSR count). The van der Waals surface area contributed by atoms with Gasteiger partial charge < -0.3 is 18.9 Å². The van der Waals surface area contributed by atoms with Crippen molar-refractivity contribution in [2.75, 3.05) is 32.9 Å². The number of nitrogens with zero attached hydrogens (tertiary/aromatic N) is 2. The molecule has 0 unspecified atom stereocenters. The smallest absolute Gasteiger partial charge is 0.256 e. The minimum atomic E-state index is 0.0959. The normalized spacial score (nSPS) is 14.5. The van der Waals surface area contributed by atoms with E-state index < -0.39 is 0 Å². The summed E-state index contributed by atoms with van der Waals surface area (Å²) in [6, 6.07) is 18.3. The number of benzene rings is 2. The quantitative estimate of drug-likeness (QED) is 0.589. The van der Waals surface area contributed by atoms with E-state index in [9.17, 15) is 4.79 Å². The van der Waals surface area contributed by atoms with Crippen LogP contribution in [0.2, 0.25) is 0 Å². The van der Waals surface area contributed by atoms with Crippen LogP contribution in [-0.2, 0) is 22.6 Å². The molecular formula is C23H26N2O3. The molecule has 146 valence electrons. The summed E-state index contributed by atoms with van der Waals surface area (Å²) < 4.78 is 13.3. The van der Waals surface area contributed by atoms with E-state index in [-0.39, 0.29) is 5.91 Å². The first kappa shape index (κ1) is 18.7. The maximum Gasteiger partial charge on any atom is 0.256 e. The largest absolute Gasteiger partial charge is 0.378 e. The van der Waals surface area contributed by atoms with Gasteiger partial charge in [-0.25, -0.2) is 0 Å². The molecule has 3 aromatic rings. The Kier molecular flexibility index (Phi) is 6.04. The molecule has 5 nitrogen and oxygen atoms in total. The summed E-state index contributed by atoms with van der Waals surface area (Å²) in [7, 11) is 0. The van der Waals surface area contributed by atoms with Crippen molar-refractivity contribution in [3.63, 3.8) is 0 Å². The predicted octanol–water partition coefficient (Wildman–Crippen LogP) is 3.72. The number of fused-ring (bicyclic) bond motifs is 1. The van der Waals surface area contributed by atoms with Gasteiger partial charge in [-0.05, 0) is 18.1 Å². The van der Waals surface area contributed by atoms with Crippen LogP contribution in [-0.4, -0.2) is 48.3 Å². The molecule has 0 radical (unpaired) electrons. The standard InChI is InChI=1S/C23H26N2O3/c26-23(24-12-15-27-16-13-24)21-17-25(22-10-5-4-9-20(21)22)11-6-14-28-18-19-7-2-1-3-8-19/h1-5,7-10,17H,6,11-16,18H2. The Morgan fingerprint density at radius 1 is 1.00 bits per heavy atom. The van der Waals surface area contributed by atoms with Gasteiger partial charge in [-0.2, -0.15) is 0 Å². The summed E-state index contributed by atoms with van der Waals surface area (Å²) >= 11 is 0. The van der Waals surface area contributed by atoms with Gasteiger partial charge in [0.25, 0.3) is 5.91 Å². The Morgan fingerprint density at radius 3 is 2.57 bits per heavy atom. The summed E-state index contributed by atoms with van der Waals surface area (Å²) in [4.78, 5) is 14.9. The number of amides is 1. The van der Waals surface area contributed by atoms with Crippen LogP contribution in [0, 0.1) is 0 Å². The van der Waals surface area contributed by atoms with E-state index in [2.05, 4.69) is 22.8 Å². The summed E-state index contributed by atoms with van der Waals surface area (Å²) in [5, 5.41) is 1.02. The Balaban J connectivity index is 1.40. The zero-order valence-corrected chi connectivity index (χ0v) is 16.0. The van der Waals surface area contributed by atoms with Crippen LogP contribution in [0.4, 0.5) is 0 Å². The number of morpholine rings is 1. The second kappa shape index (κ2) is 9.04. The molecule has 1 amide bonds. The van der Waals surface area contributed by atoms with Gasteiger partial charge in [-0.15, -0.1) is 0 Å². The van der Waals surface area contributed by atoms with Gasteiger partial charge >= 0.3 is 0 Å². The summed E-state index contributed by atoms with van der Waals surface area (Å²) in [6.45, 7) is 4.69. The second-order valence-corrected chi connectivity index (χ2v) is 7.05. The van der Waals surface area contributed by atoms with Crippen LogP contribution < -0.4 is 0 Å². The van der Waals surface area contributed by atoms with Crippen molar-refractivity contribution in [1.29, 1.82) is 0 Å². The Bertz CT molecular complexity index is 914. The highest BCUT2D eigenvalue weighted by molar-refractivity contribution is 6.07. The molecule has 0 bridgehead atoms. The topological polar surface area (TPSA) is 43.7 Å². The first-order valence-electron chi connectivity index (χ1n) is 9.89. The molecule has 0 atom stereocenters. The zero-order chi connectivity index (χ0) is 19.2. The van der Waals surface area contributed by atoms with Crippen LogP contribution >= 0.6 is 0 Å². The van der Waals surface area contributed by atoms with E-state index in [0.717, 1.165) is 29.4 Å². The van der Waals surface area contributed by atoms with Gasteiger partial charge in [-0.3, -0.25) is 4.79 Å². The van der Waals surface area contributed by atoms with Crippen LogP contribution in [0.15, 0.2) is 60.8 Å². The molecule has 1 aliphatic heterocycles. The van der Waals surface area contributed by atoms with Crippen LogP contribution in [0.1, 0.15) is 22.3 Å². The molecule has 2 aromatic carbocycles. The lowest BCUT2D eigenvalue weighted by Crippen LogP contribution is -2.40. The molecule has 28 heavy (non-hydrogen) atoms. The van der Waals surface area contributed by atoms with Gasteiger partial charge in [-0.1, -0.05) is 48.5 Å². The van der Waals surface area contributed by atoms with Crippen LogP contribution in [0.5, 0.6) is 0 Å². The van der Waals surface area contributed by atoms with Crippen LogP contribution in [0.25, 0.3) is 10.9 Å². The van der Waals surface area contributed by atoms with Gasteiger partial charge in [0.05, 0.1) is 25.4 Å². The van der Waals surface area contributed by atoms with Crippen molar-refractivity contribution < 1.29 is 14.3 Å². The van der Waals surface area contributed by atoms with E-state index in [0.29, 0.717) is 39.5 Å². The summed E-state index contributed by atoms with van der Waals surface area (Å²) in [6.07, 6.45) is 2.90. The number of carbonyl (C=O) groups excluding carboxylic acids is 1. The number of hydrogen-bond donors (Lipinski definition) is 0. The third-order valence-electron chi connectivity index (χ3n) is 5.12. The van der Waals surface area contributed by atoms with Crippen molar-refractivity contribution in [1.82, 2.24) is 9.47 Å². The van der Waals surface area contributed by atoms with Crippen molar-refractivity contribution in [3.8, 4) is 0 Å². The minimum Gasteiger partial charge on any atom is -0.378 e. The third kappa shape index (κ3) is 4.26. The van der Waals surface area contributed by atoms with Crippen molar-refractivity contribution in [3.05, 3.63) is 71.9 Å². The van der Waals surface area contributed by atoms with E-state index in [4.69, 9.17) is 9.47 Å². The number of rotatable bonds is 7. The predicted molar refractivity (Wildman–Crippen MR) is 109 cm³/mol. The lowest BCUT2D eigenvalue weighted by atomic mass is 10.1. The third-order valence-corrected chi connectivity index (χ3v) is 5.12. The average molecular weight is 378 g/mol. The lowest BCUT2D eigenvalue weighted by molar-refractivity contribution is 0.0304. The molecule has 2 heterocycles.